The van der Waals surface area contributed by atoms with Crippen LogP contribution in [0.25, 0.3) is 0 Å². The van der Waals surface area contributed by atoms with Crippen LogP contribution in [-0.4, -0.2) is 47.0 Å². The van der Waals surface area contributed by atoms with Crippen molar-refractivity contribution in [3.63, 3.8) is 0 Å². The van der Waals surface area contributed by atoms with Gasteiger partial charge in [0, 0.05) is 34.4 Å². The SMILES string of the molecule is CN1CC23C=C[C@H](O)[C@@H]4Oc5c(O)ccc6c5[C@]4(C2)[C@]3(C)[C@H]1C6. The third-order valence-electron chi connectivity index (χ3n) is 8.02. The zero-order chi connectivity index (χ0) is 15.8. The topological polar surface area (TPSA) is 52.9 Å². The molecule has 6 rings (SSSR count). The molecule has 1 unspecified atom stereocenters. The standard InChI is InChI=1S/C19H21NO3/c1-17-13-7-10-3-4-11(21)15-14(10)19(17)8-18(17,9-20(13)2)6-5-12(22)16(19)23-15/h3-6,12-13,16,21-22H,7-9H2,1-2H3/t12-,13+,16-,17+,18?,19-/m0/s1. The van der Waals surface area contributed by atoms with Gasteiger partial charge >= 0.3 is 0 Å². The molecule has 2 fully saturated rings. The fourth-order valence-corrected chi connectivity index (χ4v) is 7.15. The van der Waals surface area contributed by atoms with Crippen LogP contribution in [0.2, 0.25) is 0 Å². The van der Waals surface area contributed by atoms with Crippen molar-refractivity contribution < 1.29 is 14.9 Å². The van der Waals surface area contributed by atoms with Crippen molar-refractivity contribution in [1.29, 1.82) is 0 Å². The second-order valence-electron chi connectivity index (χ2n) is 8.48. The van der Waals surface area contributed by atoms with Crippen molar-refractivity contribution >= 4 is 0 Å². The zero-order valence-corrected chi connectivity index (χ0v) is 13.4. The number of aliphatic hydroxyl groups excluding tert-OH is 1. The Balaban J connectivity index is 1.74. The van der Waals surface area contributed by atoms with Gasteiger partial charge in [0.15, 0.2) is 11.5 Å². The van der Waals surface area contributed by atoms with E-state index in [1.807, 2.05) is 6.08 Å². The molecule has 3 aliphatic carbocycles. The summed E-state index contributed by atoms with van der Waals surface area (Å²) in [4.78, 5) is 2.50. The molecule has 1 saturated carbocycles. The number of aliphatic hydroxyl groups is 1. The Bertz CT molecular complexity index is 804. The van der Waals surface area contributed by atoms with Crippen LogP contribution in [0.15, 0.2) is 24.3 Å². The number of nitrogens with zero attached hydrogens (tertiary/aromatic N) is 1. The Morgan fingerprint density at radius 1 is 1.35 bits per heavy atom. The lowest BCUT2D eigenvalue weighted by molar-refractivity contribution is -0.158. The van der Waals surface area contributed by atoms with E-state index in [9.17, 15) is 10.2 Å². The lowest BCUT2D eigenvalue weighted by Crippen LogP contribution is -2.73. The Morgan fingerprint density at radius 2 is 2.17 bits per heavy atom. The maximum atomic E-state index is 10.7. The van der Waals surface area contributed by atoms with E-state index in [-0.39, 0.29) is 28.1 Å². The van der Waals surface area contributed by atoms with Gasteiger partial charge in [-0.25, -0.2) is 0 Å². The quantitative estimate of drug-likeness (QED) is 0.715. The minimum Gasteiger partial charge on any atom is -0.504 e. The molecule has 6 atom stereocenters. The summed E-state index contributed by atoms with van der Waals surface area (Å²) in [6.07, 6.45) is 5.34. The van der Waals surface area contributed by atoms with E-state index in [1.165, 1.54) is 11.1 Å². The summed E-state index contributed by atoms with van der Waals surface area (Å²) in [5, 5.41) is 21.1. The highest BCUT2D eigenvalue weighted by Crippen LogP contribution is 2.81. The minimum atomic E-state index is -0.611. The number of hydrogen-bond donors (Lipinski definition) is 2. The van der Waals surface area contributed by atoms with Crippen molar-refractivity contribution in [1.82, 2.24) is 4.90 Å². The first-order valence-electron chi connectivity index (χ1n) is 8.54. The Kier molecular flexibility index (Phi) is 1.85. The van der Waals surface area contributed by atoms with Crippen molar-refractivity contribution in [3.8, 4) is 11.5 Å². The van der Waals surface area contributed by atoms with Crippen LogP contribution >= 0.6 is 0 Å². The summed E-state index contributed by atoms with van der Waals surface area (Å²) in [6, 6.07) is 4.27. The number of benzene rings is 1. The van der Waals surface area contributed by atoms with Gasteiger partial charge in [0.1, 0.15) is 12.2 Å². The molecule has 0 amide bonds. The van der Waals surface area contributed by atoms with Crippen LogP contribution in [-0.2, 0) is 11.8 Å². The van der Waals surface area contributed by atoms with E-state index in [4.69, 9.17) is 4.74 Å². The molecule has 4 nitrogen and oxygen atoms in total. The molecular weight excluding hydrogens is 290 g/mol. The predicted molar refractivity (Wildman–Crippen MR) is 84.6 cm³/mol. The highest BCUT2D eigenvalue weighted by atomic mass is 16.5. The van der Waals surface area contributed by atoms with Gasteiger partial charge in [-0.3, -0.25) is 0 Å². The number of phenolic OH excluding ortho intramolecular Hbond substituents is 1. The van der Waals surface area contributed by atoms with Crippen LogP contribution in [0.5, 0.6) is 11.5 Å². The average molecular weight is 311 g/mol. The summed E-state index contributed by atoms with van der Waals surface area (Å²) < 4.78 is 6.22. The number of rotatable bonds is 0. The smallest absolute Gasteiger partial charge is 0.165 e. The highest BCUT2D eigenvalue weighted by molar-refractivity contribution is 5.65. The van der Waals surface area contributed by atoms with Gasteiger partial charge < -0.3 is 19.8 Å². The first-order chi connectivity index (χ1) is 10.9. The Labute approximate surface area is 135 Å². The van der Waals surface area contributed by atoms with Crippen molar-refractivity contribution in [2.75, 3.05) is 13.6 Å². The number of likely N-dealkylation sites (tertiary alicyclic amines) is 1. The van der Waals surface area contributed by atoms with E-state index in [1.54, 1.807) is 6.07 Å². The monoisotopic (exact) mass is 311 g/mol. The van der Waals surface area contributed by atoms with Crippen LogP contribution in [0.1, 0.15) is 24.5 Å². The molecule has 2 N–H and O–H groups in total. The van der Waals surface area contributed by atoms with Crippen LogP contribution in [0.4, 0.5) is 0 Å². The number of likely N-dealkylation sites (N-methyl/N-ethyl adjacent to an activating group) is 1. The number of aromatic hydroxyl groups is 1. The first-order valence-corrected chi connectivity index (χ1v) is 8.54. The minimum absolute atomic E-state index is 0.0550. The molecule has 4 heteroatoms. The molecule has 2 spiro atoms. The molecule has 120 valence electrons. The lowest BCUT2D eigenvalue weighted by Gasteiger charge is -2.69. The van der Waals surface area contributed by atoms with Crippen molar-refractivity contribution in [2.24, 2.45) is 10.8 Å². The fourth-order valence-electron chi connectivity index (χ4n) is 7.15. The van der Waals surface area contributed by atoms with E-state index in [0.717, 1.165) is 19.4 Å². The highest BCUT2D eigenvalue weighted by Gasteiger charge is 2.84. The fraction of sp³-hybridized carbons (Fsp3) is 0.579. The van der Waals surface area contributed by atoms with E-state index in [2.05, 4.69) is 31.0 Å². The average Bonchev–Trinajstić information content (AvgIpc) is 2.90. The molecule has 2 aliphatic heterocycles. The van der Waals surface area contributed by atoms with Crippen molar-refractivity contribution in [2.45, 2.75) is 43.4 Å². The van der Waals surface area contributed by atoms with Gasteiger partial charge in [0.2, 0.25) is 0 Å². The van der Waals surface area contributed by atoms with Crippen LogP contribution in [0.3, 0.4) is 0 Å². The zero-order valence-electron chi connectivity index (χ0n) is 13.4. The second-order valence-corrected chi connectivity index (χ2v) is 8.48. The van der Waals surface area contributed by atoms with Gasteiger partial charge in [-0.1, -0.05) is 25.1 Å². The van der Waals surface area contributed by atoms with Gasteiger partial charge in [-0.15, -0.1) is 0 Å². The molecule has 0 radical (unpaired) electrons. The number of hydrogen-bond acceptors (Lipinski definition) is 4. The third-order valence-corrected chi connectivity index (χ3v) is 8.02. The lowest BCUT2D eigenvalue weighted by atomic mass is 9.32. The van der Waals surface area contributed by atoms with Gasteiger partial charge in [0.25, 0.3) is 0 Å². The van der Waals surface area contributed by atoms with Crippen LogP contribution in [0, 0.1) is 10.8 Å². The Hall–Kier alpha value is -1.52. The van der Waals surface area contributed by atoms with Gasteiger partial charge in [-0.05, 0) is 31.5 Å². The number of phenols is 1. The summed E-state index contributed by atoms with van der Waals surface area (Å²) in [5.41, 5.74) is 2.48. The first kappa shape index (κ1) is 12.8. The molecule has 2 heterocycles. The molecular formula is C19H21NO3. The molecule has 0 aromatic heterocycles. The normalized spacial score (nSPS) is 51.0. The summed E-state index contributed by atoms with van der Waals surface area (Å²) in [7, 11) is 2.23. The Morgan fingerprint density at radius 3 is 3.00 bits per heavy atom. The maximum absolute atomic E-state index is 10.7. The molecule has 1 aromatic rings. The van der Waals surface area contributed by atoms with Gasteiger partial charge in [-0.2, -0.15) is 0 Å². The molecule has 23 heavy (non-hydrogen) atoms. The molecule has 1 saturated heterocycles. The summed E-state index contributed by atoms with van der Waals surface area (Å²) >= 11 is 0. The van der Waals surface area contributed by atoms with Crippen molar-refractivity contribution in [3.05, 3.63) is 35.4 Å². The summed E-state index contributed by atoms with van der Waals surface area (Å²) in [6.45, 7) is 3.44. The molecule has 2 bridgehead atoms. The summed E-state index contributed by atoms with van der Waals surface area (Å²) in [5.74, 6) is 0.845. The van der Waals surface area contributed by atoms with Crippen LogP contribution < -0.4 is 4.74 Å². The largest absolute Gasteiger partial charge is 0.504 e. The van der Waals surface area contributed by atoms with Gasteiger partial charge in [0.05, 0.1) is 0 Å². The molecule has 1 aromatic carbocycles. The second kappa shape index (κ2) is 3.31. The van der Waals surface area contributed by atoms with E-state index in [0.29, 0.717) is 11.8 Å². The third kappa shape index (κ3) is 0.980. The maximum Gasteiger partial charge on any atom is 0.165 e. The predicted octanol–water partition coefficient (Wildman–Crippen LogP) is 1.59. The number of ether oxygens (including phenoxy) is 1. The molecule has 5 aliphatic rings. The van der Waals surface area contributed by atoms with E-state index < -0.39 is 6.10 Å². The van der Waals surface area contributed by atoms with E-state index >= 15 is 0 Å².